The number of halogens is 2. The van der Waals surface area contributed by atoms with Crippen molar-refractivity contribution < 1.29 is 14.3 Å². The van der Waals surface area contributed by atoms with E-state index in [0.29, 0.717) is 17.4 Å². The zero-order valence-corrected chi connectivity index (χ0v) is 11.9. The largest absolute Gasteiger partial charge is 0.482 e. The second-order valence-corrected chi connectivity index (χ2v) is 4.49. The van der Waals surface area contributed by atoms with Gasteiger partial charge in [0, 0.05) is 10.4 Å². The Morgan fingerprint density at radius 3 is 2.82 bits per heavy atom. The summed E-state index contributed by atoms with van der Waals surface area (Å²) in [5.41, 5.74) is 1.05. The van der Waals surface area contributed by atoms with Gasteiger partial charge in [-0.2, -0.15) is 0 Å². The first kappa shape index (κ1) is 14.3. The van der Waals surface area contributed by atoms with Crippen molar-refractivity contribution in [3.63, 3.8) is 0 Å². The Balaban J connectivity index is 2.55. The predicted molar refractivity (Wildman–Crippen MR) is 71.1 cm³/mol. The fourth-order valence-corrected chi connectivity index (χ4v) is 1.96. The minimum absolute atomic E-state index is 0.0953. The van der Waals surface area contributed by atoms with Crippen LogP contribution in [-0.2, 0) is 16.0 Å². The average molecular weight is 322 g/mol. The van der Waals surface area contributed by atoms with Crippen LogP contribution < -0.4 is 4.74 Å². The molecule has 0 N–H and O–H groups in total. The SMILES string of the molecule is CCOC(=O)COc1ccc(CCBr)c(Cl)c1. The number of hydrogen-bond donors (Lipinski definition) is 0. The summed E-state index contributed by atoms with van der Waals surface area (Å²) in [5, 5.41) is 1.50. The van der Waals surface area contributed by atoms with Crippen LogP contribution >= 0.6 is 27.5 Å². The molecule has 17 heavy (non-hydrogen) atoms. The molecule has 0 unspecified atom stereocenters. The summed E-state index contributed by atoms with van der Waals surface area (Å²) in [6.45, 7) is 2.01. The van der Waals surface area contributed by atoms with E-state index in [-0.39, 0.29) is 12.6 Å². The summed E-state index contributed by atoms with van der Waals surface area (Å²) in [7, 11) is 0. The number of benzene rings is 1. The number of ether oxygens (including phenoxy) is 2. The summed E-state index contributed by atoms with van der Waals surface area (Å²) < 4.78 is 10.0. The molecular weight excluding hydrogens is 307 g/mol. The van der Waals surface area contributed by atoms with Crippen molar-refractivity contribution in [2.75, 3.05) is 18.5 Å². The van der Waals surface area contributed by atoms with Crippen molar-refractivity contribution in [3.05, 3.63) is 28.8 Å². The number of esters is 1. The van der Waals surface area contributed by atoms with Gasteiger partial charge >= 0.3 is 5.97 Å². The van der Waals surface area contributed by atoms with Crippen molar-refractivity contribution >= 4 is 33.5 Å². The van der Waals surface area contributed by atoms with E-state index >= 15 is 0 Å². The highest BCUT2D eigenvalue weighted by molar-refractivity contribution is 9.09. The molecule has 0 aromatic heterocycles. The lowest BCUT2D eigenvalue weighted by atomic mass is 10.2. The molecule has 0 fully saturated rings. The van der Waals surface area contributed by atoms with Crippen LogP contribution in [0.15, 0.2) is 18.2 Å². The molecule has 0 spiro atoms. The van der Waals surface area contributed by atoms with E-state index in [1.165, 1.54) is 0 Å². The van der Waals surface area contributed by atoms with Crippen LogP contribution in [0.2, 0.25) is 5.02 Å². The molecule has 0 radical (unpaired) electrons. The Kier molecular flexibility index (Phi) is 6.37. The first-order chi connectivity index (χ1) is 8.17. The van der Waals surface area contributed by atoms with Gasteiger partial charge in [0.1, 0.15) is 5.75 Å². The van der Waals surface area contributed by atoms with Gasteiger partial charge in [-0.1, -0.05) is 33.6 Å². The van der Waals surface area contributed by atoms with Gasteiger partial charge in [-0.3, -0.25) is 0 Å². The maximum Gasteiger partial charge on any atom is 0.344 e. The highest BCUT2D eigenvalue weighted by Gasteiger charge is 2.05. The second kappa shape index (κ2) is 7.56. The minimum atomic E-state index is -0.381. The monoisotopic (exact) mass is 320 g/mol. The molecule has 0 amide bonds. The lowest BCUT2D eigenvalue weighted by Crippen LogP contribution is -2.14. The smallest absolute Gasteiger partial charge is 0.344 e. The van der Waals surface area contributed by atoms with Crippen LogP contribution in [0.4, 0.5) is 0 Å². The molecule has 0 saturated heterocycles. The Labute approximate surface area is 114 Å². The lowest BCUT2D eigenvalue weighted by Gasteiger charge is -2.08. The van der Waals surface area contributed by atoms with E-state index in [2.05, 4.69) is 15.9 Å². The molecule has 0 aliphatic carbocycles. The summed E-state index contributed by atoms with van der Waals surface area (Å²) in [6.07, 6.45) is 0.858. The second-order valence-electron chi connectivity index (χ2n) is 3.29. The molecule has 5 heteroatoms. The van der Waals surface area contributed by atoms with Gasteiger partial charge in [-0.25, -0.2) is 4.79 Å². The maximum atomic E-state index is 11.1. The summed E-state index contributed by atoms with van der Waals surface area (Å²) in [6, 6.07) is 5.39. The third-order valence-corrected chi connectivity index (χ3v) is 2.80. The van der Waals surface area contributed by atoms with E-state index in [1.807, 2.05) is 6.07 Å². The van der Waals surface area contributed by atoms with Crippen LogP contribution in [-0.4, -0.2) is 24.5 Å². The minimum Gasteiger partial charge on any atom is -0.482 e. The first-order valence-corrected chi connectivity index (χ1v) is 6.80. The summed E-state index contributed by atoms with van der Waals surface area (Å²) >= 11 is 9.42. The van der Waals surface area contributed by atoms with Crippen LogP contribution in [0.3, 0.4) is 0 Å². The van der Waals surface area contributed by atoms with Crippen LogP contribution in [0, 0.1) is 0 Å². The fraction of sp³-hybridized carbons (Fsp3) is 0.417. The van der Waals surface area contributed by atoms with Gasteiger partial charge in [-0.05, 0) is 31.0 Å². The van der Waals surface area contributed by atoms with Gasteiger partial charge in [0.2, 0.25) is 0 Å². The molecule has 0 bridgehead atoms. The zero-order valence-electron chi connectivity index (χ0n) is 9.54. The predicted octanol–water partition coefficient (Wildman–Crippen LogP) is 3.22. The van der Waals surface area contributed by atoms with Gasteiger partial charge < -0.3 is 9.47 Å². The third-order valence-electron chi connectivity index (χ3n) is 2.05. The fourth-order valence-electron chi connectivity index (χ4n) is 1.27. The van der Waals surface area contributed by atoms with Crippen molar-refractivity contribution in [2.45, 2.75) is 13.3 Å². The zero-order chi connectivity index (χ0) is 12.7. The van der Waals surface area contributed by atoms with Crippen molar-refractivity contribution in [1.82, 2.24) is 0 Å². The third kappa shape index (κ3) is 4.96. The van der Waals surface area contributed by atoms with Gasteiger partial charge in [0.15, 0.2) is 6.61 Å². The van der Waals surface area contributed by atoms with Crippen molar-refractivity contribution in [1.29, 1.82) is 0 Å². The van der Waals surface area contributed by atoms with Crippen LogP contribution in [0.5, 0.6) is 5.75 Å². The van der Waals surface area contributed by atoms with E-state index in [9.17, 15) is 4.79 Å². The molecule has 1 aromatic carbocycles. The number of carbonyl (C=O) groups excluding carboxylic acids is 1. The number of carbonyl (C=O) groups is 1. The Bertz CT molecular complexity index is 382. The maximum absolute atomic E-state index is 11.1. The quantitative estimate of drug-likeness (QED) is 0.596. The van der Waals surface area contributed by atoms with Gasteiger partial charge in [0.25, 0.3) is 0 Å². The van der Waals surface area contributed by atoms with E-state index in [1.54, 1.807) is 19.1 Å². The Morgan fingerprint density at radius 1 is 1.47 bits per heavy atom. The summed E-state index contributed by atoms with van der Waals surface area (Å²) in [5.74, 6) is 0.189. The molecule has 1 aromatic rings. The van der Waals surface area contributed by atoms with Crippen molar-refractivity contribution in [3.8, 4) is 5.75 Å². The Morgan fingerprint density at radius 2 is 2.24 bits per heavy atom. The van der Waals surface area contributed by atoms with E-state index in [4.69, 9.17) is 21.1 Å². The molecule has 0 heterocycles. The van der Waals surface area contributed by atoms with Gasteiger partial charge in [-0.15, -0.1) is 0 Å². The standard InChI is InChI=1S/C12H14BrClO3/c1-2-16-12(15)8-17-10-4-3-9(5-6-13)11(14)7-10/h3-4,7H,2,5-6,8H2,1H3. The number of rotatable bonds is 6. The number of aryl methyl sites for hydroxylation is 1. The first-order valence-electron chi connectivity index (χ1n) is 5.30. The number of hydrogen-bond acceptors (Lipinski definition) is 3. The normalized spacial score (nSPS) is 10.1. The van der Waals surface area contributed by atoms with Crippen LogP contribution in [0.1, 0.15) is 12.5 Å². The lowest BCUT2D eigenvalue weighted by molar-refractivity contribution is -0.145. The molecule has 94 valence electrons. The number of alkyl halides is 1. The molecule has 0 saturated carbocycles. The van der Waals surface area contributed by atoms with E-state index < -0.39 is 0 Å². The Hall–Kier alpha value is -0.740. The van der Waals surface area contributed by atoms with E-state index in [0.717, 1.165) is 17.3 Å². The molecule has 3 nitrogen and oxygen atoms in total. The highest BCUT2D eigenvalue weighted by Crippen LogP contribution is 2.23. The van der Waals surface area contributed by atoms with Crippen LogP contribution in [0.25, 0.3) is 0 Å². The summed E-state index contributed by atoms with van der Waals surface area (Å²) in [4.78, 5) is 11.1. The molecule has 0 aliphatic rings. The molecule has 1 rings (SSSR count). The highest BCUT2D eigenvalue weighted by atomic mass is 79.9. The van der Waals surface area contributed by atoms with Gasteiger partial charge in [0.05, 0.1) is 6.61 Å². The molecule has 0 atom stereocenters. The molecule has 0 aliphatic heterocycles. The topological polar surface area (TPSA) is 35.5 Å². The average Bonchev–Trinajstić information content (AvgIpc) is 2.30. The molecular formula is C12H14BrClO3. The van der Waals surface area contributed by atoms with Crippen molar-refractivity contribution in [2.24, 2.45) is 0 Å².